The molecule has 4 heteroatoms. The van der Waals surface area contributed by atoms with Crippen molar-refractivity contribution in [2.24, 2.45) is 5.92 Å². The Balaban J connectivity index is 2.03. The van der Waals surface area contributed by atoms with Gasteiger partial charge in [-0.05, 0) is 63.0 Å². The molecule has 1 aliphatic heterocycles. The standard InChI is InChI=1S/C16H24Cl2N2/c1-3-20(11-13-6-8-19-9-7-13)12(2)14-4-5-15(17)16(18)10-14/h4-5,10,12-13,19H,3,6-9,11H2,1-2H3. The van der Waals surface area contributed by atoms with Gasteiger partial charge in [0.1, 0.15) is 0 Å². The maximum Gasteiger partial charge on any atom is 0.0595 e. The molecule has 1 unspecified atom stereocenters. The van der Waals surface area contributed by atoms with E-state index < -0.39 is 0 Å². The van der Waals surface area contributed by atoms with Gasteiger partial charge in [0.15, 0.2) is 0 Å². The summed E-state index contributed by atoms with van der Waals surface area (Å²) in [5.41, 5.74) is 1.25. The predicted molar refractivity (Wildman–Crippen MR) is 87.7 cm³/mol. The van der Waals surface area contributed by atoms with Crippen LogP contribution in [0.15, 0.2) is 18.2 Å². The third-order valence-electron chi connectivity index (χ3n) is 4.33. The Kier molecular flexibility index (Phi) is 6.16. The molecule has 2 nitrogen and oxygen atoms in total. The molecular weight excluding hydrogens is 291 g/mol. The molecule has 0 aliphatic carbocycles. The molecule has 0 bridgehead atoms. The van der Waals surface area contributed by atoms with Crippen LogP contribution in [0.25, 0.3) is 0 Å². The zero-order chi connectivity index (χ0) is 14.5. The minimum absolute atomic E-state index is 0.379. The smallest absolute Gasteiger partial charge is 0.0595 e. The Morgan fingerprint density at radius 3 is 2.55 bits per heavy atom. The van der Waals surface area contributed by atoms with E-state index >= 15 is 0 Å². The number of hydrogen-bond acceptors (Lipinski definition) is 2. The molecule has 0 saturated carbocycles. The number of benzene rings is 1. The summed E-state index contributed by atoms with van der Waals surface area (Å²) in [6.07, 6.45) is 2.56. The molecule has 1 N–H and O–H groups in total. The number of nitrogens with one attached hydrogen (secondary N) is 1. The van der Waals surface area contributed by atoms with Crippen molar-refractivity contribution in [2.45, 2.75) is 32.7 Å². The van der Waals surface area contributed by atoms with Gasteiger partial charge in [0.2, 0.25) is 0 Å². The summed E-state index contributed by atoms with van der Waals surface area (Å²) in [4.78, 5) is 2.54. The molecule has 1 aromatic rings. The molecule has 1 saturated heterocycles. The second-order valence-electron chi connectivity index (χ2n) is 5.63. The lowest BCUT2D eigenvalue weighted by atomic mass is 9.96. The second-order valence-corrected chi connectivity index (χ2v) is 6.44. The van der Waals surface area contributed by atoms with Gasteiger partial charge in [0, 0.05) is 12.6 Å². The highest BCUT2D eigenvalue weighted by Gasteiger charge is 2.21. The largest absolute Gasteiger partial charge is 0.317 e. The van der Waals surface area contributed by atoms with Gasteiger partial charge >= 0.3 is 0 Å². The van der Waals surface area contributed by atoms with Gasteiger partial charge < -0.3 is 5.32 Å². The number of halogens is 2. The van der Waals surface area contributed by atoms with E-state index in [0.717, 1.165) is 25.6 Å². The minimum Gasteiger partial charge on any atom is -0.317 e. The molecule has 20 heavy (non-hydrogen) atoms. The average Bonchev–Trinajstić information content (AvgIpc) is 2.48. The van der Waals surface area contributed by atoms with E-state index in [0.29, 0.717) is 16.1 Å². The van der Waals surface area contributed by atoms with E-state index in [1.54, 1.807) is 0 Å². The van der Waals surface area contributed by atoms with Crippen LogP contribution in [0.1, 0.15) is 38.3 Å². The highest BCUT2D eigenvalue weighted by molar-refractivity contribution is 6.42. The van der Waals surface area contributed by atoms with E-state index in [9.17, 15) is 0 Å². The van der Waals surface area contributed by atoms with Crippen molar-refractivity contribution < 1.29 is 0 Å². The zero-order valence-corrected chi connectivity index (χ0v) is 13.8. The molecule has 0 spiro atoms. The first kappa shape index (κ1) is 16.1. The van der Waals surface area contributed by atoms with Crippen LogP contribution in [0.5, 0.6) is 0 Å². The molecule has 1 fully saturated rings. The lowest BCUT2D eigenvalue weighted by molar-refractivity contribution is 0.169. The summed E-state index contributed by atoms with van der Waals surface area (Å²) in [7, 11) is 0. The summed E-state index contributed by atoms with van der Waals surface area (Å²) >= 11 is 12.1. The second kappa shape index (κ2) is 7.65. The summed E-state index contributed by atoms with van der Waals surface area (Å²) in [6.45, 7) is 9.02. The van der Waals surface area contributed by atoms with Crippen molar-refractivity contribution in [1.29, 1.82) is 0 Å². The fourth-order valence-corrected chi connectivity index (χ4v) is 3.25. The van der Waals surface area contributed by atoms with Gasteiger partial charge in [-0.15, -0.1) is 0 Å². The summed E-state index contributed by atoms with van der Waals surface area (Å²) in [6, 6.07) is 6.36. The van der Waals surface area contributed by atoms with E-state index in [1.165, 1.54) is 24.9 Å². The van der Waals surface area contributed by atoms with Crippen LogP contribution >= 0.6 is 23.2 Å². The van der Waals surface area contributed by atoms with E-state index in [2.05, 4.69) is 30.1 Å². The van der Waals surface area contributed by atoms with Crippen molar-refractivity contribution in [1.82, 2.24) is 10.2 Å². The summed E-state index contributed by atoms with van der Waals surface area (Å²) in [5, 5.41) is 4.71. The van der Waals surface area contributed by atoms with Crippen LogP contribution in [0.3, 0.4) is 0 Å². The molecule has 112 valence electrons. The maximum absolute atomic E-state index is 6.14. The fraction of sp³-hybridized carbons (Fsp3) is 0.625. The van der Waals surface area contributed by atoms with Crippen LogP contribution in [0.4, 0.5) is 0 Å². The quantitative estimate of drug-likeness (QED) is 0.867. The highest BCUT2D eigenvalue weighted by atomic mass is 35.5. The average molecular weight is 315 g/mol. The first-order valence-corrected chi connectivity index (χ1v) is 8.27. The molecule has 1 aliphatic rings. The molecule has 1 heterocycles. The third kappa shape index (κ3) is 4.11. The zero-order valence-electron chi connectivity index (χ0n) is 12.3. The fourth-order valence-electron chi connectivity index (χ4n) is 2.94. The summed E-state index contributed by atoms with van der Waals surface area (Å²) < 4.78 is 0. The van der Waals surface area contributed by atoms with Crippen LogP contribution in [0, 0.1) is 5.92 Å². The SMILES string of the molecule is CCN(CC1CCNCC1)C(C)c1ccc(Cl)c(Cl)c1. The van der Waals surface area contributed by atoms with E-state index in [-0.39, 0.29) is 0 Å². The Labute approximate surface area is 132 Å². The monoisotopic (exact) mass is 314 g/mol. The number of piperidine rings is 1. The van der Waals surface area contributed by atoms with Crippen LogP contribution in [-0.4, -0.2) is 31.1 Å². The first-order valence-electron chi connectivity index (χ1n) is 7.51. The molecular formula is C16H24Cl2N2. The number of hydrogen-bond donors (Lipinski definition) is 1. The Hall–Kier alpha value is -0.280. The maximum atomic E-state index is 6.14. The summed E-state index contributed by atoms with van der Waals surface area (Å²) in [5.74, 6) is 0.807. The Morgan fingerprint density at radius 2 is 1.95 bits per heavy atom. The Bertz CT molecular complexity index is 430. The normalized spacial score (nSPS) is 18.4. The van der Waals surface area contributed by atoms with Crippen molar-refractivity contribution in [3.8, 4) is 0 Å². The van der Waals surface area contributed by atoms with Crippen molar-refractivity contribution >= 4 is 23.2 Å². The van der Waals surface area contributed by atoms with Crippen LogP contribution in [-0.2, 0) is 0 Å². The molecule has 1 atom stereocenters. The third-order valence-corrected chi connectivity index (χ3v) is 5.07. The highest BCUT2D eigenvalue weighted by Crippen LogP contribution is 2.29. The van der Waals surface area contributed by atoms with Crippen molar-refractivity contribution in [3.05, 3.63) is 33.8 Å². The van der Waals surface area contributed by atoms with Gasteiger partial charge in [-0.3, -0.25) is 4.90 Å². The molecule has 0 aromatic heterocycles. The molecule has 0 radical (unpaired) electrons. The van der Waals surface area contributed by atoms with Gasteiger partial charge in [0.05, 0.1) is 10.0 Å². The minimum atomic E-state index is 0.379. The topological polar surface area (TPSA) is 15.3 Å². The molecule has 2 rings (SSSR count). The van der Waals surface area contributed by atoms with Gasteiger partial charge in [0.25, 0.3) is 0 Å². The van der Waals surface area contributed by atoms with Gasteiger partial charge in [-0.25, -0.2) is 0 Å². The molecule has 1 aromatic carbocycles. The van der Waals surface area contributed by atoms with Crippen LogP contribution < -0.4 is 5.32 Å². The van der Waals surface area contributed by atoms with Crippen molar-refractivity contribution in [3.63, 3.8) is 0 Å². The first-order chi connectivity index (χ1) is 9.61. The lowest BCUT2D eigenvalue weighted by Crippen LogP contribution is -2.37. The van der Waals surface area contributed by atoms with Gasteiger partial charge in [-0.2, -0.15) is 0 Å². The van der Waals surface area contributed by atoms with Crippen molar-refractivity contribution in [2.75, 3.05) is 26.2 Å². The number of rotatable bonds is 5. The van der Waals surface area contributed by atoms with E-state index in [1.807, 2.05) is 12.1 Å². The molecule has 0 amide bonds. The lowest BCUT2D eigenvalue weighted by Gasteiger charge is -2.33. The number of nitrogens with zero attached hydrogens (tertiary/aromatic N) is 1. The van der Waals surface area contributed by atoms with Crippen LogP contribution in [0.2, 0.25) is 10.0 Å². The van der Waals surface area contributed by atoms with Gasteiger partial charge in [-0.1, -0.05) is 36.2 Å². The van der Waals surface area contributed by atoms with E-state index in [4.69, 9.17) is 23.2 Å². The Morgan fingerprint density at radius 1 is 1.25 bits per heavy atom. The predicted octanol–water partition coefficient (Wildman–Crippen LogP) is 4.38.